The number of sulfonamides is 1. The number of nitrogens with zero attached hydrogens (tertiary/aromatic N) is 1. The summed E-state index contributed by atoms with van der Waals surface area (Å²) in [5.74, 6) is 0.918. The molecule has 2 N–H and O–H groups in total. The molecule has 19 heavy (non-hydrogen) atoms. The summed E-state index contributed by atoms with van der Waals surface area (Å²) in [7, 11) is -3.25. The molecule has 0 aromatic heterocycles. The maximum absolute atomic E-state index is 12.5. The minimum atomic E-state index is -3.25. The molecular formula is C13H20N2O2S2. The van der Waals surface area contributed by atoms with Crippen LogP contribution in [-0.4, -0.2) is 36.3 Å². The Labute approximate surface area is 119 Å². The monoisotopic (exact) mass is 300 g/mol. The standard InChI is InChI=1S/C13H20N2O2S2/c1-10-11(2)18-8-7-15(10)19(16,17)9-12-3-5-13(14)6-4-12/h3-6,10-11H,7-9,14H2,1-2H3. The highest BCUT2D eigenvalue weighted by Crippen LogP contribution is 2.27. The van der Waals surface area contributed by atoms with E-state index in [9.17, 15) is 8.42 Å². The summed E-state index contributed by atoms with van der Waals surface area (Å²) in [6.07, 6.45) is 0. The molecule has 1 aliphatic heterocycles. The molecule has 106 valence electrons. The van der Waals surface area contributed by atoms with Gasteiger partial charge in [-0.05, 0) is 24.6 Å². The summed E-state index contributed by atoms with van der Waals surface area (Å²) in [5, 5.41) is 0.343. The van der Waals surface area contributed by atoms with Gasteiger partial charge in [-0.1, -0.05) is 19.1 Å². The van der Waals surface area contributed by atoms with Crippen molar-refractivity contribution in [3.63, 3.8) is 0 Å². The third-order valence-corrected chi connectivity index (χ3v) is 6.78. The van der Waals surface area contributed by atoms with E-state index < -0.39 is 10.0 Å². The van der Waals surface area contributed by atoms with Gasteiger partial charge in [-0.2, -0.15) is 16.1 Å². The van der Waals surface area contributed by atoms with Gasteiger partial charge in [0.05, 0.1) is 5.75 Å². The first kappa shape index (κ1) is 14.7. The van der Waals surface area contributed by atoms with E-state index in [2.05, 4.69) is 6.92 Å². The molecule has 1 heterocycles. The number of nitrogen functional groups attached to an aromatic ring is 1. The van der Waals surface area contributed by atoms with Gasteiger partial charge >= 0.3 is 0 Å². The van der Waals surface area contributed by atoms with Crippen LogP contribution < -0.4 is 5.73 Å². The van der Waals surface area contributed by atoms with E-state index in [1.165, 1.54) is 0 Å². The summed E-state index contributed by atoms with van der Waals surface area (Å²) < 4.78 is 26.6. The molecule has 0 amide bonds. The van der Waals surface area contributed by atoms with Gasteiger partial charge in [-0.3, -0.25) is 0 Å². The number of benzene rings is 1. The lowest BCUT2D eigenvalue weighted by atomic mass is 10.2. The zero-order valence-corrected chi connectivity index (χ0v) is 12.9. The van der Waals surface area contributed by atoms with Crippen molar-refractivity contribution in [2.75, 3.05) is 18.0 Å². The van der Waals surface area contributed by atoms with E-state index >= 15 is 0 Å². The van der Waals surface area contributed by atoms with E-state index in [0.29, 0.717) is 17.5 Å². The fourth-order valence-electron chi connectivity index (χ4n) is 2.21. The third-order valence-electron chi connectivity index (χ3n) is 3.51. The summed E-state index contributed by atoms with van der Waals surface area (Å²) >= 11 is 1.83. The Morgan fingerprint density at radius 2 is 1.95 bits per heavy atom. The topological polar surface area (TPSA) is 63.4 Å². The van der Waals surface area contributed by atoms with Crippen molar-refractivity contribution in [2.45, 2.75) is 30.9 Å². The Hall–Kier alpha value is -0.720. The molecule has 0 aliphatic carbocycles. The fraction of sp³-hybridized carbons (Fsp3) is 0.538. The molecule has 0 bridgehead atoms. The van der Waals surface area contributed by atoms with Crippen LogP contribution in [-0.2, 0) is 15.8 Å². The van der Waals surface area contributed by atoms with Crippen LogP contribution in [0.2, 0.25) is 0 Å². The van der Waals surface area contributed by atoms with E-state index in [1.54, 1.807) is 28.6 Å². The predicted molar refractivity (Wildman–Crippen MR) is 81.6 cm³/mol. The van der Waals surface area contributed by atoms with E-state index in [4.69, 9.17) is 5.73 Å². The van der Waals surface area contributed by atoms with Gasteiger partial charge in [0.1, 0.15) is 0 Å². The van der Waals surface area contributed by atoms with Crippen LogP contribution >= 0.6 is 11.8 Å². The summed E-state index contributed by atoms with van der Waals surface area (Å²) in [6.45, 7) is 4.67. The van der Waals surface area contributed by atoms with Gasteiger partial charge in [0.2, 0.25) is 10.0 Å². The van der Waals surface area contributed by atoms with E-state index in [-0.39, 0.29) is 11.8 Å². The van der Waals surface area contributed by atoms with Gasteiger partial charge in [0.25, 0.3) is 0 Å². The normalized spacial score (nSPS) is 25.4. The Morgan fingerprint density at radius 1 is 1.32 bits per heavy atom. The van der Waals surface area contributed by atoms with Crippen LogP contribution in [0.5, 0.6) is 0 Å². The first-order valence-electron chi connectivity index (χ1n) is 6.36. The van der Waals surface area contributed by atoms with Gasteiger partial charge in [0.15, 0.2) is 0 Å². The molecule has 0 saturated carbocycles. The van der Waals surface area contributed by atoms with Crippen molar-refractivity contribution >= 4 is 27.5 Å². The third kappa shape index (κ3) is 3.43. The molecule has 1 aromatic carbocycles. The zero-order chi connectivity index (χ0) is 14.0. The van der Waals surface area contributed by atoms with Crippen LogP contribution in [0.3, 0.4) is 0 Å². The Balaban J connectivity index is 2.15. The molecule has 1 aromatic rings. The van der Waals surface area contributed by atoms with Crippen LogP contribution in [0.4, 0.5) is 5.69 Å². The average Bonchev–Trinajstić information content (AvgIpc) is 2.35. The fourth-order valence-corrected chi connectivity index (χ4v) is 5.34. The second kappa shape index (κ2) is 5.73. The minimum absolute atomic E-state index is 0.0506. The van der Waals surface area contributed by atoms with E-state index in [0.717, 1.165) is 11.3 Å². The molecule has 6 heteroatoms. The van der Waals surface area contributed by atoms with E-state index in [1.807, 2.05) is 18.7 Å². The molecule has 1 saturated heterocycles. The lowest BCUT2D eigenvalue weighted by Gasteiger charge is -2.36. The van der Waals surface area contributed by atoms with Crippen LogP contribution in [0, 0.1) is 0 Å². The number of anilines is 1. The molecule has 2 unspecified atom stereocenters. The molecule has 0 spiro atoms. The Morgan fingerprint density at radius 3 is 2.58 bits per heavy atom. The van der Waals surface area contributed by atoms with Crippen LogP contribution in [0.25, 0.3) is 0 Å². The number of hydrogen-bond donors (Lipinski definition) is 1. The van der Waals surface area contributed by atoms with Crippen molar-refractivity contribution in [1.29, 1.82) is 0 Å². The van der Waals surface area contributed by atoms with Crippen molar-refractivity contribution < 1.29 is 8.42 Å². The first-order valence-corrected chi connectivity index (χ1v) is 9.01. The van der Waals surface area contributed by atoms with Crippen LogP contribution in [0.1, 0.15) is 19.4 Å². The highest BCUT2D eigenvalue weighted by molar-refractivity contribution is 8.00. The number of rotatable bonds is 3. The Kier molecular flexibility index (Phi) is 4.43. The first-order chi connectivity index (χ1) is 8.90. The maximum Gasteiger partial charge on any atom is 0.218 e. The highest BCUT2D eigenvalue weighted by Gasteiger charge is 2.33. The molecule has 2 atom stereocenters. The number of thioether (sulfide) groups is 1. The Bertz CT molecular complexity index is 528. The second-order valence-corrected chi connectivity index (χ2v) is 8.33. The number of nitrogens with two attached hydrogens (primary N) is 1. The van der Waals surface area contributed by atoms with Crippen molar-refractivity contribution in [1.82, 2.24) is 4.31 Å². The molecular weight excluding hydrogens is 280 g/mol. The summed E-state index contributed by atoms with van der Waals surface area (Å²) in [4.78, 5) is 0. The van der Waals surface area contributed by atoms with Crippen molar-refractivity contribution in [3.05, 3.63) is 29.8 Å². The van der Waals surface area contributed by atoms with Crippen molar-refractivity contribution in [2.24, 2.45) is 0 Å². The average molecular weight is 300 g/mol. The summed E-state index contributed by atoms with van der Waals surface area (Å²) in [5.41, 5.74) is 7.05. The minimum Gasteiger partial charge on any atom is -0.399 e. The zero-order valence-electron chi connectivity index (χ0n) is 11.2. The molecule has 1 fully saturated rings. The largest absolute Gasteiger partial charge is 0.399 e. The second-order valence-electron chi connectivity index (χ2n) is 4.93. The lowest BCUT2D eigenvalue weighted by molar-refractivity contribution is 0.340. The molecule has 4 nitrogen and oxygen atoms in total. The summed E-state index contributed by atoms with van der Waals surface area (Å²) in [6, 6.07) is 7.09. The quantitative estimate of drug-likeness (QED) is 0.866. The highest BCUT2D eigenvalue weighted by atomic mass is 32.2. The van der Waals surface area contributed by atoms with Gasteiger partial charge in [0, 0.05) is 29.3 Å². The van der Waals surface area contributed by atoms with Gasteiger partial charge in [-0.25, -0.2) is 8.42 Å². The van der Waals surface area contributed by atoms with Crippen molar-refractivity contribution in [3.8, 4) is 0 Å². The van der Waals surface area contributed by atoms with Gasteiger partial charge in [-0.15, -0.1) is 0 Å². The predicted octanol–water partition coefficient (Wildman–Crippen LogP) is 1.92. The lowest BCUT2D eigenvalue weighted by Crippen LogP contribution is -2.48. The maximum atomic E-state index is 12.5. The molecule has 1 aliphatic rings. The molecule has 2 rings (SSSR count). The number of hydrogen-bond acceptors (Lipinski definition) is 4. The van der Waals surface area contributed by atoms with Gasteiger partial charge < -0.3 is 5.73 Å². The SMILES string of the molecule is CC1SCCN(S(=O)(=O)Cc2ccc(N)cc2)C1C. The van der Waals surface area contributed by atoms with Crippen LogP contribution in [0.15, 0.2) is 24.3 Å². The molecule has 0 radical (unpaired) electrons. The smallest absolute Gasteiger partial charge is 0.218 e.